The van der Waals surface area contributed by atoms with E-state index in [0.29, 0.717) is 11.6 Å². The molecule has 104 valence electrons. The molecule has 0 amide bonds. The number of fused-ring (bicyclic) bond motifs is 1. The molecule has 0 fully saturated rings. The number of carbonyl (C=O) groups excluding carboxylic acids is 1. The minimum absolute atomic E-state index is 0.0188. The van der Waals surface area contributed by atoms with Crippen LogP contribution in [-0.2, 0) is 19.9 Å². The summed E-state index contributed by atoms with van der Waals surface area (Å²) in [7, 11) is 1.83. The molecular weight excluding hydrogens is 272 g/mol. The Kier molecular flexibility index (Phi) is 3.38. The van der Waals surface area contributed by atoms with E-state index in [1.807, 2.05) is 38.2 Å². The number of carbonyl (C=O) groups is 1. The van der Waals surface area contributed by atoms with Crippen molar-refractivity contribution in [3.05, 3.63) is 51.8 Å². The molecule has 1 aliphatic rings. The van der Waals surface area contributed by atoms with Crippen LogP contribution in [0.2, 0.25) is 5.15 Å². The summed E-state index contributed by atoms with van der Waals surface area (Å²) in [6.07, 6.45) is 2.54. The summed E-state index contributed by atoms with van der Waals surface area (Å²) in [5.41, 5.74) is 3.97. The minimum Gasteiger partial charge on any atom is -0.294 e. The maximum atomic E-state index is 12.6. The van der Waals surface area contributed by atoms with Crippen molar-refractivity contribution >= 4 is 17.4 Å². The highest BCUT2D eigenvalue weighted by atomic mass is 35.5. The molecule has 3 rings (SSSR count). The lowest BCUT2D eigenvalue weighted by Crippen LogP contribution is -2.24. The molecule has 0 saturated heterocycles. The molecule has 4 heteroatoms. The number of aryl methyl sites for hydroxylation is 3. The van der Waals surface area contributed by atoms with Crippen LogP contribution in [0.3, 0.4) is 0 Å². The lowest BCUT2D eigenvalue weighted by Gasteiger charge is -2.23. The van der Waals surface area contributed by atoms with E-state index in [9.17, 15) is 4.79 Å². The van der Waals surface area contributed by atoms with Gasteiger partial charge in [-0.2, -0.15) is 5.10 Å². The van der Waals surface area contributed by atoms with Crippen LogP contribution in [0.15, 0.2) is 24.3 Å². The number of benzene rings is 1. The summed E-state index contributed by atoms with van der Waals surface area (Å²) in [5.74, 6) is 0.261. The van der Waals surface area contributed by atoms with Gasteiger partial charge in [-0.1, -0.05) is 35.9 Å². The van der Waals surface area contributed by atoms with Gasteiger partial charge in [-0.05, 0) is 31.7 Å². The molecule has 0 radical (unpaired) electrons. The standard InChI is InChI=1S/C16H17ClN2O/c1-10-14(16(17)19(2)18-10)9-12-8-7-11-5-3-4-6-13(11)15(12)20/h3-6,12H,7-9H2,1-2H3. The van der Waals surface area contributed by atoms with Crippen LogP contribution in [0.5, 0.6) is 0 Å². The normalized spacial score (nSPS) is 18.1. The first kappa shape index (κ1) is 13.4. The van der Waals surface area contributed by atoms with Crippen molar-refractivity contribution in [3.63, 3.8) is 0 Å². The van der Waals surface area contributed by atoms with E-state index in [4.69, 9.17) is 11.6 Å². The Labute approximate surface area is 123 Å². The Morgan fingerprint density at radius 1 is 1.40 bits per heavy atom. The third kappa shape index (κ3) is 2.16. The quantitative estimate of drug-likeness (QED) is 0.849. The summed E-state index contributed by atoms with van der Waals surface area (Å²) in [6, 6.07) is 7.91. The van der Waals surface area contributed by atoms with E-state index in [0.717, 1.165) is 29.7 Å². The Bertz CT molecular complexity index is 675. The van der Waals surface area contributed by atoms with Gasteiger partial charge in [0.15, 0.2) is 5.78 Å². The van der Waals surface area contributed by atoms with Gasteiger partial charge < -0.3 is 0 Å². The number of nitrogens with zero attached hydrogens (tertiary/aromatic N) is 2. The summed E-state index contributed by atoms with van der Waals surface area (Å²) >= 11 is 6.27. The zero-order valence-corrected chi connectivity index (χ0v) is 12.4. The second kappa shape index (κ2) is 5.06. The van der Waals surface area contributed by atoms with Crippen molar-refractivity contribution in [2.75, 3.05) is 0 Å². The van der Waals surface area contributed by atoms with Crippen LogP contribution < -0.4 is 0 Å². The molecule has 0 spiro atoms. The molecule has 1 aliphatic carbocycles. The molecule has 0 N–H and O–H groups in total. The molecule has 1 aromatic carbocycles. The molecule has 1 atom stereocenters. The van der Waals surface area contributed by atoms with Gasteiger partial charge in [-0.25, -0.2) is 0 Å². The smallest absolute Gasteiger partial charge is 0.166 e. The molecule has 0 bridgehead atoms. The number of Topliss-reactive ketones (excluding diaryl/α,β-unsaturated/α-hetero) is 1. The average molecular weight is 289 g/mol. The van der Waals surface area contributed by atoms with Gasteiger partial charge in [0.2, 0.25) is 0 Å². The first-order valence-electron chi connectivity index (χ1n) is 6.88. The first-order valence-corrected chi connectivity index (χ1v) is 7.26. The van der Waals surface area contributed by atoms with Gasteiger partial charge >= 0.3 is 0 Å². The fraction of sp³-hybridized carbons (Fsp3) is 0.375. The molecule has 0 aliphatic heterocycles. The van der Waals surface area contributed by atoms with Gasteiger partial charge in [0.25, 0.3) is 0 Å². The first-order chi connectivity index (χ1) is 9.58. The molecular formula is C16H17ClN2O. The second-order valence-corrected chi connectivity index (χ2v) is 5.80. The SMILES string of the molecule is Cc1nn(C)c(Cl)c1CC1CCc2ccccc2C1=O. The highest BCUT2D eigenvalue weighted by molar-refractivity contribution is 6.30. The number of aromatic nitrogens is 2. The Balaban J connectivity index is 1.88. The van der Waals surface area contributed by atoms with E-state index in [1.54, 1.807) is 4.68 Å². The van der Waals surface area contributed by atoms with Gasteiger partial charge in [-0.3, -0.25) is 9.48 Å². The summed E-state index contributed by atoms with van der Waals surface area (Å²) in [6.45, 7) is 1.95. The minimum atomic E-state index is 0.0188. The van der Waals surface area contributed by atoms with Crippen molar-refractivity contribution in [3.8, 4) is 0 Å². The van der Waals surface area contributed by atoms with Crippen LogP contribution in [0, 0.1) is 12.8 Å². The maximum Gasteiger partial charge on any atom is 0.166 e. The monoisotopic (exact) mass is 288 g/mol. The molecule has 2 aromatic rings. The summed E-state index contributed by atoms with van der Waals surface area (Å²) in [5, 5.41) is 4.97. The van der Waals surface area contributed by atoms with E-state index in [2.05, 4.69) is 5.10 Å². The number of rotatable bonds is 2. The molecule has 1 unspecified atom stereocenters. The van der Waals surface area contributed by atoms with Crippen molar-refractivity contribution in [1.82, 2.24) is 9.78 Å². The van der Waals surface area contributed by atoms with Crippen molar-refractivity contribution in [1.29, 1.82) is 0 Å². The molecule has 3 nitrogen and oxygen atoms in total. The number of ketones is 1. The van der Waals surface area contributed by atoms with Gasteiger partial charge in [0.05, 0.1) is 5.69 Å². The molecule has 1 aromatic heterocycles. The zero-order valence-electron chi connectivity index (χ0n) is 11.7. The predicted molar refractivity (Wildman–Crippen MR) is 79.2 cm³/mol. The van der Waals surface area contributed by atoms with Crippen LogP contribution in [0.1, 0.15) is 33.6 Å². The highest BCUT2D eigenvalue weighted by Crippen LogP contribution is 2.30. The maximum absolute atomic E-state index is 12.6. The Hall–Kier alpha value is -1.61. The number of halogens is 1. The molecule has 1 heterocycles. The van der Waals surface area contributed by atoms with E-state index in [1.165, 1.54) is 5.56 Å². The fourth-order valence-corrected chi connectivity index (χ4v) is 3.26. The van der Waals surface area contributed by atoms with Crippen LogP contribution in [-0.4, -0.2) is 15.6 Å². The lowest BCUT2D eigenvalue weighted by molar-refractivity contribution is 0.0901. The van der Waals surface area contributed by atoms with Gasteiger partial charge in [0, 0.05) is 24.1 Å². The van der Waals surface area contributed by atoms with Crippen molar-refractivity contribution in [2.45, 2.75) is 26.2 Å². The fourth-order valence-electron chi connectivity index (χ4n) is 3.01. The van der Waals surface area contributed by atoms with Crippen molar-refractivity contribution < 1.29 is 4.79 Å². The third-order valence-electron chi connectivity index (χ3n) is 4.14. The van der Waals surface area contributed by atoms with Gasteiger partial charge in [-0.15, -0.1) is 0 Å². The Morgan fingerprint density at radius 2 is 2.15 bits per heavy atom. The highest BCUT2D eigenvalue weighted by Gasteiger charge is 2.28. The van der Waals surface area contributed by atoms with E-state index in [-0.39, 0.29) is 11.7 Å². The van der Waals surface area contributed by atoms with E-state index < -0.39 is 0 Å². The number of hydrogen-bond donors (Lipinski definition) is 0. The average Bonchev–Trinajstić information content (AvgIpc) is 2.68. The molecule has 0 saturated carbocycles. The number of hydrogen-bond acceptors (Lipinski definition) is 2. The van der Waals surface area contributed by atoms with Crippen molar-refractivity contribution in [2.24, 2.45) is 13.0 Å². The van der Waals surface area contributed by atoms with Crippen LogP contribution in [0.25, 0.3) is 0 Å². The second-order valence-electron chi connectivity index (χ2n) is 5.44. The Morgan fingerprint density at radius 3 is 2.85 bits per heavy atom. The van der Waals surface area contributed by atoms with Crippen LogP contribution >= 0.6 is 11.6 Å². The lowest BCUT2D eigenvalue weighted by atomic mass is 9.80. The largest absolute Gasteiger partial charge is 0.294 e. The van der Waals surface area contributed by atoms with Crippen LogP contribution in [0.4, 0.5) is 0 Å². The predicted octanol–water partition coefficient (Wildman–Crippen LogP) is 3.37. The summed E-state index contributed by atoms with van der Waals surface area (Å²) in [4.78, 5) is 12.6. The van der Waals surface area contributed by atoms with E-state index >= 15 is 0 Å². The van der Waals surface area contributed by atoms with Gasteiger partial charge in [0.1, 0.15) is 5.15 Å². The zero-order chi connectivity index (χ0) is 14.3. The third-order valence-corrected chi connectivity index (χ3v) is 4.61. The summed E-state index contributed by atoms with van der Waals surface area (Å²) < 4.78 is 1.67. The topological polar surface area (TPSA) is 34.9 Å². The molecule has 20 heavy (non-hydrogen) atoms.